The lowest BCUT2D eigenvalue weighted by Gasteiger charge is -2.38. The molecular weight excluding hydrogens is 264 g/mol. The smallest absolute Gasteiger partial charge is 0.0367 e. The van der Waals surface area contributed by atoms with Crippen LogP contribution in [0.4, 0.5) is 5.69 Å². The molecule has 1 aromatic carbocycles. The number of nitrogens with zero attached hydrogens (tertiary/aromatic N) is 1. The first-order valence-electron chi connectivity index (χ1n) is 5.88. The molecule has 2 nitrogen and oxygen atoms in total. The average Bonchev–Trinajstić information content (AvgIpc) is 2.30. The van der Waals surface area contributed by atoms with Gasteiger partial charge >= 0.3 is 0 Å². The fraction of sp³-hybridized carbons (Fsp3) is 0.538. The van der Waals surface area contributed by atoms with E-state index in [0.29, 0.717) is 12.0 Å². The number of piperidine rings is 1. The van der Waals surface area contributed by atoms with Gasteiger partial charge in [0.05, 0.1) is 0 Å². The lowest BCUT2D eigenvalue weighted by atomic mass is 9.93. The standard InChI is InChI=1S/C13H19BrN2/c1-10-9-16(8-7-13(10)15-2)12-5-3-11(14)4-6-12/h3-6,10,13,15H,7-9H2,1-2H3. The highest BCUT2D eigenvalue weighted by Crippen LogP contribution is 2.24. The van der Waals surface area contributed by atoms with Crippen LogP contribution in [0, 0.1) is 5.92 Å². The molecule has 1 heterocycles. The van der Waals surface area contributed by atoms with E-state index in [-0.39, 0.29) is 0 Å². The van der Waals surface area contributed by atoms with Crippen molar-refractivity contribution in [3.05, 3.63) is 28.7 Å². The molecule has 2 unspecified atom stereocenters. The lowest BCUT2D eigenvalue weighted by Crippen LogP contribution is -2.47. The molecule has 2 atom stereocenters. The maximum atomic E-state index is 3.47. The summed E-state index contributed by atoms with van der Waals surface area (Å²) in [5.41, 5.74) is 1.34. The van der Waals surface area contributed by atoms with Crippen molar-refractivity contribution in [2.24, 2.45) is 5.92 Å². The molecule has 3 heteroatoms. The van der Waals surface area contributed by atoms with Crippen LogP contribution >= 0.6 is 15.9 Å². The Morgan fingerprint density at radius 2 is 2.00 bits per heavy atom. The SMILES string of the molecule is CNC1CCN(c2ccc(Br)cc2)CC1C. The third-order valence-electron chi connectivity index (χ3n) is 3.47. The predicted molar refractivity (Wildman–Crippen MR) is 73.0 cm³/mol. The molecule has 1 saturated heterocycles. The zero-order valence-electron chi connectivity index (χ0n) is 9.91. The molecule has 0 aliphatic carbocycles. The van der Waals surface area contributed by atoms with Crippen molar-refractivity contribution in [2.45, 2.75) is 19.4 Å². The zero-order valence-corrected chi connectivity index (χ0v) is 11.5. The minimum atomic E-state index is 0.673. The van der Waals surface area contributed by atoms with Gasteiger partial charge in [-0.05, 0) is 43.7 Å². The van der Waals surface area contributed by atoms with Crippen LogP contribution in [0.15, 0.2) is 28.7 Å². The zero-order chi connectivity index (χ0) is 11.5. The van der Waals surface area contributed by atoms with E-state index in [0.717, 1.165) is 17.6 Å². The number of halogens is 1. The largest absolute Gasteiger partial charge is 0.371 e. The van der Waals surface area contributed by atoms with Crippen LogP contribution in [0.1, 0.15) is 13.3 Å². The van der Waals surface area contributed by atoms with Crippen molar-refractivity contribution in [1.82, 2.24) is 5.32 Å². The van der Waals surface area contributed by atoms with Gasteiger partial charge in [0.1, 0.15) is 0 Å². The van der Waals surface area contributed by atoms with Crippen LogP contribution in [0.2, 0.25) is 0 Å². The Hall–Kier alpha value is -0.540. The molecular formula is C13H19BrN2. The summed E-state index contributed by atoms with van der Waals surface area (Å²) in [4.78, 5) is 2.48. The predicted octanol–water partition coefficient (Wildman–Crippen LogP) is 2.88. The van der Waals surface area contributed by atoms with Gasteiger partial charge in [0, 0.05) is 29.3 Å². The van der Waals surface area contributed by atoms with Crippen molar-refractivity contribution in [2.75, 3.05) is 25.0 Å². The fourth-order valence-corrected chi connectivity index (χ4v) is 2.73. The summed E-state index contributed by atoms with van der Waals surface area (Å²) in [5.74, 6) is 0.711. The van der Waals surface area contributed by atoms with Crippen LogP contribution in [-0.4, -0.2) is 26.2 Å². The molecule has 2 rings (SSSR count). The number of hydrogen-bond acceptors (Lipinski definition) is 2. The highest BCUT2D eigenvalue weighted by Gasteiger charge is 2.24. The molecule has 16 heavy (non-hydrogen) atoms. The van der Waals surface area contributed by atoms with Crippen LogP contribution in [-0.2, 0) is 0 Å². The Morgan fingerprint density at radius 3 is 2.56 bits per heavy atom. The fourth-order valence-electron chi connectivity index (χ4n) is 2.46. The maximum Gasteiger partial charge on any atom is 0.0367 e. The average molecular weight is 283 g/mol. The van der Waals surface area contributed by atoms with Crippen LogP contribution in [0.25, 0.3) is 0 Å². The third kappa shape index (κ3) is 2.58. The Morgan fingerprint density at radius 1 is 1.31 bits per heavy atom. The topological polar surface area (TPSA) is 15.3 Å². The Kier molecular flexibility index (Phi) is 3.87. The van der Waals surface area contributed by atoms with Gasteiger partial charge in [0.25, 0.3) is 0 Å². The summed E-state index contributed by atoms with van der Waals surface area (Å²) in [6, 6.07) is 9.29. The summed E-state index contributed by atoms with van der Waals surface area (Å²) < 4.78 is 1.15. The van der Waals surface area contributed by atoms with Crippen LogP contribution in [0.3, 0.4) is 0 Å². The molecule has 0 amide bonds. The van der Waals surface area contributed by atoms with E-state index in [9.17, 15) is 0 Å². The third-order valence-corrected chi connectivity index (χ3v) is 4.00. The van der Waals surface area contributed by atoms with Gasteiger partial charge in [-0.2, -0.15) is 0 Å². The second-order valence-electron chi connectivity index (χ2n) is 4.58. The molecule has 88 valence electrons. The molecule has 0 aromatic heterocycles. The molecule has 1 N–H and O–H groups in total. The molecule has 0 radical (unpaired) electrons. The number of hydrogen-bond donors (Lipinski definition) is 1. The first kappa shape index (κ1) is 11.9. The molecule has 0 bridgehead atoms. The number of anilines is 1. The molecule has 0 saturated carbocycles. The minimum Gasteiger partial charge on any atom is -0.371 e. The number of nitrogens with one attached hydrogen (secondary N) is 1. The Bertz CT molecular complexity index is 336. The molecule has 1 aliphatic heterocycles. The molecule has 1 fully saturated rings. The van der Waals surface area contributed by atoms with Gasteiger partial charge < -0.3 is 10.2 Å². The van der Waals surface area contributed by atoms with E-state index in [2.05, 4.69) is 64.4 Å². The Balaban J connectivity index is 2.04. The van der Waals surface area contributed by atoms with E-state index < -0.39 is 0 Å². The molecule has 1 aliphatic rings. The number of benzene rings is 1. The maximum absolute atomic E-state index is 3.47. The minimum absolute atomic E-state index is 0.673. The van der Waals surface area contributed by atoms with E-state index in [4.69, 9.17) is 0 Å². The van der Waals surface area contributed by atoms with Gasteiger partial charge in [-0.3, -0.25) is 0 Å². The van der Waals surface area contributed by atoms with Crippen molar-refractivity contribution in [1.29, 1.82) is 0 Å². The summed E-state index contributed by atoms with van der Waals surface area (Å²) in [6.45, 7) is 4.62. The highest BCUT2D eigenvalue weighted by atomic mass is 79.9. The van der Waals surface area contributed by atoms with Gasteiger partial charge in [-0.15, -0.1) is 0 Å². The molecule has 1 aromatic rings. The molecule has 0 spiro atoms. The van der Waals surface area contributed by atoms with Crippen molar-refractivity contribution >= 4 is 21.6 Å². The van der Waals surface area contributed by atoms with Crippen LogP contribution in [0.5, 0.6) is 0 Å². The van der Waals surface area contributed by atoms with Gasteiger partial charge in [0.2, 0.25) is 0 Å². The highest BCUT2D eigenvalue weighted by molar-refractivity contribution is 9.10. The first-order valence-corrected chi connectivity index (χ1v) is 6.68. The van der Waals surface area contributed by atoms with Crippen molar-refractivity contribution in [3.8, 4) is 0 Å². The quantitative estimate of drug-likeness (QED) is 0.898. The summed E-state index contributed by atoms with van der Waals surface area (Å²) in [6.07, 6.45) is 1.23. The summed E-state index contributed by atoms with van der Waals surface area (Å²) in [7, 11) is 2.07. The van der Waals surface area contributed by atoms with Crippen molar-refractivity contribution < 1.29 is 0 Å². The van der Waals surface area contributed by atoms with Crippen LogP contribution < -0.4 is 10.2 Å². The van der Waals surface area contributed by atoms with Gasteiger partial charge in [-0.1, -0.05) is 22.9 Å². The van der Waals surface area contributed by atoms with Gasteiger partial charge in [-0.25, -0.2) is 0 Å². The van der Waals surface area contributed by atoms with Crippen molar-refractivity contribution in [3.63, 3.8) is 0 Å². The van der Waals surface area contributed by atoms with E-state index in [1.54, 1.807) is 0 Å². The van der Waals surface area contributed by atoms with Gasteiger partial charge in [0.15, 0.2) is 0 Å². The number of rotatable bonds is 2. The monoisotopic (exact) mass is 282 g/mol. The van der Waals surface area contributed by atoms with E-state index in [1.165, 1.54) is 12.1 Å². The summed E-state index contributed by atoms with van der Waals surface area (Å²) >= 11 is 3.47. The Labute approximate surface area is 106 Å². The lowest BCUT2D eigenvalue weighted by molar-refractivity contribution is 0.339. The summed E-state index contributed by atoms with van der Waals surface area (Å²) in [5, 5.41) is 3.40. The second-order valence-corrected chi connectivity index (χ2v) is 5.50. The first-order chi connectivity index (χ1) is 7.70. The van der Waals surface area contributed by atoms with E-state index in [1.807, 2.05) is 0 Å². The van der Waals surface area contributed by atoms with E-state index >= 15 is 0 Å². The normalized spacial score (nSPS) is 25.8. The second kappa shape index (κ2) is 5.19.